The minimum Gasteiger partial charge on any atom is -0.486 e. The number of benzene rings is 2. The number of rotatable bonds is 3. The normalized spacial score (nSPS) is 13.0. The van der Waals surface area contributed by atoms with Crippen molar-refractivity contribution in [2.45, 2.75) is 6.42 Å². The highest BCUT2D eigenvalue weighted by atomic mass is 35.5. The zero-order valence-corrected chi connectivity index (χ0v) is 15.2. The summed E-state index contributed by atoms with van der Waals surface area (Å²) in [6.07, 6.45) is 0.160. The Morgan fingerprint density at radius 2 is 2.04 bits per heavy atom. The van der Waals surface area contributed by atoms with E-state index >= 15 is 0 Å². The standard InChI is InChI=1S/C17H12Cl2N2O3S/c18-10-1-2-12-14(8-10)25-17(20-12)21-15(22)7-9-5-11(19)16-13(6-9)23-3-4-24-16/h1-2,5-6,8H,3-4,7H2,(H,20,21,22). The largest absolute Gasteiger partial charge is 0.486 e. The maximum atomic E-state index is 12.3. The van der Waals surface area contributed by atoms with E-state index in [-0.39, 0.29) is 12.3 Å². The summed E-state index contributed by atoms with van der Waals surface area (Å²) in [5, 5.41) is 4.42. The number of aromatic nitrogens is 1. The molecule has 4 rings (SSSR count). The summed E-state index contributed by atoms with van der Waals surface area (Å²) in [6.45, 7) is 0.932. The van der Waals surface area contributed by atoms with Crippen LogP contribution in [-0.4, -0.2) is 24.1 Å². The number of thiazole rings is 1. The lowest BCUT2D eigenvalue weighted by Gasteiger charge is -2.20. The van der Waals surface area contributed by atoms with Crippen molar-refractivity contribution in [2.75, 3.05) is 18.5 Å². The quantitative estimate of drug-likeness (QED) is 0.707. The first-order chi connectivity index (χ1) is 12.1. The summed E-state index contributed by atoms with van der Waals surface area (Å²) < 4.78 is 11.9. The van der Waals surface area contributed by atoms with Crippen LogP contribution in [0.2, 0.25) is 10.0 Å². The number of halogens is 2. The molecule has 2 aromatic carbocycles. The first-order valence-electron chi connectivity index (χ1n) is 7.52. The fourth-order valence-corrected chi connectivity index (χ4v) is 4.01. The van der Waals surface area contributed by atoms with Gasteiger partial charge in [-0.25, -0.2) is 4.98 Å². The van der Waals surface area contributed by atoms with Gasteiger partial charge in [-0.15, -0.1) is 0 Å². The van der Waals surface area contributed by atoms with Crippen LogP contribution in [0.4, 0.5) is 5.13 Å². The molecule has 0 aliphatic carbocycles. The van der Waals surface area contributed by atoms with Gasteiger partial charge in [0.05, 0.1) is 21.7 Å². The smallest absolute Gasteiger partial charge is 0.230 e. The number of hydrogen-bond donors (Lipinski definition) is 1. The van der Waals surface area contributed by atoms with Crippen LogP contribution in [0.1, 0.15) is 5.56 Å². The van der Waals surface area contributed by atoms with Gasteiger partial charge in [0.15, 0.2) is 16.6 Å². The van der Waals surface area contributed by atoms with Gasteiger partial charge < -0.3 is 14.8 Å². The zero-order valence-electron chi connectivity index (χ0n) is 12.8. The molecule has 1 aromatic heterocycles. The molecule has 0 atom stereocenters. The summed E-state index contributed by atoms with van der Waals surface area (Å²) in [5.74, 6) is 0.911. The van der Waals surface area contributed by atoms with Gasteiger partial charge in [-0.3, -0.25) is 4.79 Å². The van der Waals surface area contributed by atoms with Gasteiger partial charge in [0.1, 0.15) is 13.2 Å². The number of carbonyl (C=O) groups excluding carboxylic acids is 1. The molecule has 2 heterocycles. The molecule has 0 spiro atoms. The maximum absolute atomic E-state index is 12.3. The van der Waals surface area contributed by atoms with Crippen LogP contribution in [0.3, 0.4) is 0 Å². The van der Waals surface area contributed by atoms with Gasteiger partial charge >= 0.3 is 0 Å². The molecule has 3 aromatic rings. The monoisotopic (exact) mass is 394 g/mol. The lowest BCUT2D eigenvalue weighted by Crippen LogP contribution is -2.17. The van der Waals surface area contributed by atoms with Crippen LogP contribution < -0.4 is 14.8 Å². The Morgan fingerprint density at radius 1 is 1.20 bits per heavy atom. The van der Waals surface area contributed by atoms with Crippen molar-refractivity contribution in [2.24, 2.45) is 0 Å². The van der Waals surface area contributed by atoms with E-state index in [2.05, 4.69) is 10.3 Å². The molecule has 0 saturated carbocycles. The summed E-state index contributed by atoms with van der Waals surface area (Å²) in [4.78, 5) is 16.7. The highest BCUT2D eigenvalue weighted by molar-refractivity contribution is 7.22. The van der Waals surface area contributed by atoms with Crippen LogP contribution in [0, 0.1) is 0 Å². The first kappa shape index (κ1) is 16.4. The number of carbonyl (C=O) groups is 1. The average Bonchev–Trinajstić information content (AvgIpc) is 2.96. The Labute approximate surface area is 157 Å². The van der Waals surface area contributed by atoms with E-state index in [0.717, 1.165) is 15.8 Å². The molecule has 0 fully saturated rings. The second-order valence-electron chi connectivity index (χ2n) is 5.46. The fraction of sp³-hybridized carbons (Fsp3) is 0.176. The number of hydrogen-bond acceptors (Lipinski definition) is 5. The Morgan fingerprint density at radius 3 is 2.92 bits per heavy atom. The highest BCUT2D eigenvalue weighted by Gasteiger charge is 2.18. The van der Waals surface area contributed by atoms with Crippen LogP contribution in [-0.2, 0) is 11.2 Å². The lowest BCUT2D eigenvalue weighted by molar-refractivity contribution is -0.115. The molecule has 1 aliphatic heterocycles. The number of fused-ring (bicyclic) bond motifs is 2. The predicted molar refractivity (Wildman–Crippen MR) is 99.4 cm³/mol. The minimum atomic E-state index is -0.183. The Bertz CT molecular complexity index is 974. The average molecular weight is 395 g/mol. The maximum Gasteiger partial charge on any atom is 0.230 e. The number of anilines is 1. The van der Waals surface area contributed by atoms with E-state index in [1.54, 1.807) is 18.2 Å². The second kappa shape index (κ2) is 6.71. The van der Waals surface area contributed by atoms with Gasteiger partial charge in [0.25, 0.3) is 0 Å². The third-order valence-electron chi connectivity index (χ3n) is 3.62. The minimum absolute atomic E-state index is 0.160. The van der Waals surface area contributed by atoms with Gasteiger partial charge in [0, 0.05) is 5.02 Å². The number of amides is 1. The van der Waals surface area contributed by atoms with Gasteiger partial charge in [0.2, 0.25) is 5.91 Å². The van der Waals surface area contributed by atoms with E-state index in [9.17, 15) is 4.79 Å². The van der Waals surface area contributed by atoms with Crippen LogP contribution in [0.15, 0.2) is 30.3 Å². The fourth-order valence-electron chi connectivity index (χ4n) is 2.57. The zero-order chi connectivity index (χ0) is 17.4. The van der Waals surface area contributed by atoms with Crippen LogP contribution >= 0.6 is 34.5 Å². The summed E-state index contributed by atoms with van der Waals surface area (Å²) in [7, 11) is 0. The van der Waals surface area contributed by atoms with E-state index in [1.807, 2.05) is 12.1 Å². The summed E-state index contributed by atoms with van der Waals surface area (Å²) in [6, 6.07) is 8.91. The SMILES string of the molecule is O=C(Cc1cc(Cl)c2c(c1)OCCO2)Nc1nc2ccc(Cl)cc2s1. The second-order valence-corrected chi connectivity index (χ2v) is 7.33. The third-order valence-corrected chi connectivity index (χ3v) is 5.07. The number of nitrogens with zero attached hydrogens (tertiary/aromatic N) is 1. The van der Waals surface area contributed by atoms with Crippen molar-refractivity contribution in [3.8, 4) is 11.5 Å². The van der Waals surface area contributed by atoms with Gasteiger partial charge in [-0.05, 0) is 35.9 Å². The first-order valence-corrected chi connectivity index (χ1v) is 9.10. The molecule has 0 unspecified atom stereocenters. The van der Waals surface area contributed by atoms with Crippen LogP contribution in [0.5, 0.6) is 11.5 Å². The van der Waals surface area contributed by atoms with Crippen molar-refractivity contribution in [1.29, 1.82) is 0 Å². The number of ether oxygens (including phenoxy) is 2. The van der Waals surface area contributed by atoms with E-state index in [0.29, 0.717) is 39.9 Å². The molecule has 1 aliphatic rings. The van der Waals surface area contributed by atoms with Crippen molar-refractivity contribution >= 4 is 55.8 Å². The molecule has 25 heavy (non-hydrogen) atoms. The molecular formula is C17H12Cl2N2O3S. The predicted octanol–water partition coefficient (Wildman–Crippen LogP) is 4.56. The van der Waals surface area contributed by atoms with Crippen LogP contribution in [0.25, 0.3) is 10.2 Å². The molecule has 1 N–H and O–H groups in total. The number of nitrogens with one attached hydrogen (secondary N) is 1. The Hall–Kier alpha value is -2.02. The molecule has 5 nitrogen and oxygen atoms in total. The molecule has 8 heteroatoms. The molecule has 0 saturated heterocycles. The third kappa shape index (κ3) is 3.51. The lowest BCUT2D eigenvalue weighted by atomic mass is 10.1. The van der Waals surface area contributed by atoms with Crippen molar-refractivity contribution in [3.63, 3.8) is 0 Å². The van der Waals surface area contributed by atoms with Gasteiger partial charge in [-0.1, -0.05) is 34.5 Å². The molecule has 0 radical (unpaired) electrons. The van der Waals surface area contributed by atoms with E-state index in [1.165, 1.54) is 11.3 Å². The molecule has 128 valence electrons. The summed E-state index contributed by atoms with van der Waals surface area (Å²) in [5.41, 5.74) is 1.54. The molecular weight excluding hydrogens is 383 g/mol. The van der Waals surface area contributed by atoms with Crippen molar-refractivity contribution < 1.29 is 14.3 Å². The highest BCUT2D eigenvalue weighted by Crippen LogP contribution is 2.38. The Kier molecular flexibility index (Phi) is 4.41. The summed E-state index contributed by atoms with van der Waals surface area (Å²) >= 11 is 13.5. The molecule has 0 bridgehead atoms. The van der Waals surface area contributed by atoms with E-state index in [4.69, 9.17) is 32.7 Å². The van der Waals surface area contributed by atoms with Crippen molar-refractivity contribution in [1.82, 2.24) is 4.98 Å². The van der Waals surface area contributed by atoms with Gasteiger partial charge in [-0.2, -0.15) is 0 Å². The van der Waals surface area contributed by atoms with E-state index < -0.39 is 0 Å². The Balaban J connectivity index is 1.50. The van der Waals surface area contributed by atoms with Crippen molar-refractivity contribution in [3.05, 3.63) is 45.9 Å². The topological polar surface area (TPSA) is 60.5 Å². The molecule has 1 amide bonds.